The van der Waals surface area contributed by atoms with Gasteiger partial charge in [-0.15, -0.1) is 0 Å². The van der Waals surface area contributed by atoms with Gasteiger partial charge >= 0.3 is 178 Å². The number of rotatable bonds is 11. The van der Waals surface area contributed by atoms with Gasteiger partial charge in [-0.25, -0.2) is 0 Å². The van der Waals surface area contributed by atoms with Crippen LogP contribution in [0.5, 0.6) is 0 Å². The molecule has 0 radical (unpaired) electrons. The molecule has 0 fully saturated rings. The van der Waals surface area contributed by atoms with Crippen LogP contribution < -0.4 is 0 Å². The number of halogens is 3. The molecule has 0 spiro atoms. The van der Waals surface area contributed by atoms with Crippen LogP contribution in [-0.2, 0) is 30.0 Å². The molecule has 1 rings (SSSR count). The van der Waals surface area contributed by atoms with E-state index in [4.69, 9.17) is 8.44 Å². The molecule has 0 N–H and O–H groups in total. The van der Waals surface area contributed by atoms with E-state index in [1.165, 1.54) is 11.5 Å². The maximum atomic E-state index is 13.9. The van der Waals surface area contributed by atoms with Gasteiger partial charge in [0, 0.05) is 0 Å². The Hall–Kier alpha value is 0.576. The second kappa shape index (κ2) is 10.7. The van der Waals surface area contributed by atoms with E-state index >= 15 is 0 Å². The van der Waals surface area contributed by atoms with E-state index in [1.807, 2.05) is 47.6 Å². The fourth-order valence-electron chi connectivity index (χ4n) is 2.87. The van der Waals surface area contributed by atoms with Crippen molar-refractivity contribution in [3.8, 4) is 0 Å². The molecule has 3 atom stereocenters. The minimum atomic E-state index is -4.48. The van der Waals surface area contributed by atoms with Crippen LogP contribution in [0, 0.1) is 0 Å². The third-order valence-electron chi connectivity index (χ3n) is 5.48. The first-order valence-corrected chi connectivity index (χ1v) is 20.9. The first kappa shape index (κ1) is 26.6. The van der Waals surface area contributed by atoms with E-state index in [2.05, 4.69) is 0 Å². The van der Waals surface area contributed by atoms with Crippen molar-refractivity contribution in [2.45, 2.75) is 102 Å². The predicted molar refractivity (Wildman–Crippen MR) is 107 cm³/mol. The zero-order valence-electron chi connectivity index (χ0n) is 18.6. The summed E-state index contributed by atoms with van der Waals surface area (Å²) in [4.78, 5) is 0. The van der Waals surface area contributed by atoms with Gasteiger partial charge in [0.05, 0.1) is 0 Å². The molecule has 0 aromatic rings. The van der Waals surface area contributed by atoms with Crippen molar-refractivity contribution in [2.24, 2.45) is 0 Å². The molecule has 8 heteroatoms. The van der Waals surface area contributed by atoms with Gasteiger partial charge in [-0.1, -0.05) is 0 Å². The van der Waals surface area contributed by atoms with Crippen LogP contribution in [0.3, 0.4) is 0 Å². The molecule has 0 aromatic heterocycles. The Kier molecular flexibility index (Phi) is 10.2. The Morgan fingerprint density at radius 1 is 0.929 bits per heavy atom. The summed E-state index contributed by atoms with van der Waals surface area (Å²) in [7, 11) is 0. The monoisotopic (exact) mass is 546 g/mol. The normalized spacial score (nSPS) is 21.0. The molecule has 3 nitrogen and oxygen atoms in total. The van der Waals surface area contributed by atoms with E-state index in [1.54, 1.807) is 6.08 Å². The number of hydrogen-bond donors (Lipinski definition) is 0. The Balaban J connectivity index is 3.63. The summed E-state index contributed by atoms with van der Waals surface area (Å²) in [6.45, 7) is 11.9. The maximum absolute atomic E-state index is 13.9. The quantitative estimate of drug-likeness (QED) is 0.264. The van der Waals surface area contributed by atoms with Crippen LogP contribution in [0.15, 0.2) is 19.8 Å². The van der Waals surface area contributed by atoms with Gasteiger partial charge < -0.3 is 0 Å². The molecule has 0 bridgehead atoms. The number of hydrogen-bond acceptors (Lipinski definition) is 3. The van der Waals surface area contributed by atoms with Crippen molar-refractivity contribution in [1.29, 1.82) is 0 Å². The molecule has 3 unspecified atom stereocenters. The van der Waals surface area contributed by atoms with Crippen LogP contribution in [0.4, 0.5) is 13.2 Å². The Morgan fingerprint density at radius 2 is 1.32 bits per heavy atom. The third-order valence-corrected chi connectivity index (χ3v) is 21.8. The van der Waals surface area contributed by atoms with E-state index in [9.17, 15) is 13.2 Å². The SMILES string of the molecule is CCC(C)[O][Zr]([O]C(C)CC)([O]C(C)CC)[C]1=[C]([Ge]([CH3])([CH3])[C](F)(F)F)C=CC1. The molecular formula is C20H37F3GeO3Zr. The van der Waals surface area contributed by atoms with Gasteiger partial charge in [0.15, 0.2) is 0 Å². The van der Waals surface area contributed by atoms with Crippen LogP contribution >= 0.6 is 0 Å². The number of alkyl halides is 3. The summed E-state index contributed by atoms with van der Waals surface area (Å²) < 4.78 is 62.4. The van der Waals surface area contributed by atoms with Gasteiger partial charge in [0.1, 0.15) is 0 Å². The van der Waals surface area contributed by atoms with E-state index < -0.39 is 39.9 Å². The zero-order chi connectivity index (χ0) is 21.8. The molecule has 0 saturated carbocycles. The van der Waals surface area contributed by atoms with Crippen molar-refractivity contribution in [2.75, 3.05) is 0 Å². The van der Waals surface area contributed by atoms with Crippen molar-refractivity contribution >= 4 is 13.3 Å². The summed E-state index contributed by atoms with van der Waals surface area (Å²) in [6.07, 6.45) is 5.84. The molecule has 0 amide bonds. The second-order valence-electron chi connectivity index (χ2n) is 8.19. The van der Waals surface area contributed by atoms with E-state index in [-0.39, 0.29) is 18.3 Å². The van der Waals surface area contributed by atoms with Crippen molar-refractivity contribution < 1.29 is 43.2 Å². The van der Waals surface area contributed by atoms with Crippen molar-refractivity contribution in [3.05, 3.63) is 19.8 Å². The molecule has 1 aliphatic carbocycles. The van der Waals surface area contributed by atoms with Gasteiger partial charge in [0.25, 0.3) is 0 Å². The summed E-state index contributed by atoms with van der Waals surface area (Å²) in [6, 6.07) is 0. The summed E-state index contributed by atoms with van der Waals surface area (Å²) in [5.74, 6) is 2.83. The molecule has 164 valence electrons. The molecule has 0 saturated heterocycles. The zero-order valence-corrected chi connectivity index (χ0v) is 23.1. The van der Waals surface area contributed by atoms with Gasteiger partial charge in [-0.3, -0.25) is 0 Å². The van der Waals surface area contributed by atoms with Gasteiger partial charge in [-0.2, -0.15) is 0 Å². The van der Waals surface area contributed by atoms with Crippen LogP contribution in [0.25, 0.3) is 0 Å². The first-order valence-electron chi connectivity index (χ1n) is 10.3. The minimum absolute atomic E-state index is 0.125. The fourth-order valence-corrected chi connectivity index (χ4v) is 20.8. The van der Waals surface area contributed by atoms with E-state index in [0.29, 0.717) is 14.1 Å². The standard InChI is InChI=1S/C8H10F3Ge.3C4H9O.Zr/c1-12(2,8(9,10)11)7-5-3-4-6-7;3*1-3-4(2)5;/h3,5H,4H2,1-2H3;3*4H,3H2,1-2H3;/q;3*-1;+3. The Bertz CT molecular complexity index is 544. The Morgan fingerprint density at radius 3 is 1.64 bits per heavy atom. The average molecular weight is 546 g/mol. The first-order chi connectivity index (χ1) is 12.8. The van der Waals surface area contributed by atoms with Crippen LogP contribution in [0.2, 0.25) is 11.5 Å². The molecule has 28 heavy (non-hydrogen) atoms. The summed E-state index contributed by atoms with van der Waals surface area (Å²) in [5, 5.41) is -4.18. The molecule has 0 aromatic carbocycles. The molecule has 0 aliphatic heterocycles. The van der Waals surface area contributed by atoms with Crippen LogP contribution in [0.1, 0.15) is 67.2 Å². The Labute approximate surface area is 177 Å². The predicted octanol–water partition coefficient (Wildman–Crippen LogP) is 6.89. The fraction of sp³-hybridized carbons (Fsp3) is 0.800. The van der Waals surface area contributed by atoms with Crippen molar-refractivity contribution in [1.82, 2.24) is 0 Å². The summed E-state index contributed by atoms with van der Waals surface area (Å²) >= 11 is -8.81. The second-order valence-corrected chi connectivity index (χ2v) is 23.3. The summed E-state index contributed by atoms with van der Waals surface area (Å²) in [5.41, 5.74) is 0. The van der Waals surface area contributed by atoms with Crippen molar-refractivity contribution in [3.63, 3.8) is 0 Å². The molecular weight excluding hydrogens is 509 g/mol. The average Bonchev–Trinajstić information content (AvgIpc) is 3.11. The van der Waals surface area contributed by atoms with E-state index in [0.717, 1.165) is 19.3 Å². The third kappa shape index (κ3) is 6.29. The van der Waals surface area contributed by atoms with Gasteiger partial charge in [-0.05, 0) is 0 Å². The topological polar surface area (TPSA) is 27.7 Å². The molecule has 1 aliphatic rings. The van der Waals surface area contributed by atoms with Gasteiger partial charge in [0.2, 0.25) is 0 Å². The molecule has 0 heterocycles. The van der Waals surface area contributed by atoms with Crippen LogP contribution in [-0.4, -0.2) is 36.6 Å². The number of allylic oxidation sites excluding steroid dienone is 4.